The van der Waals surface area contributed by atoms with Crippen LogP contribution in [0.3, 0.4) is 0 Å². The molecule has 1 aliphatic rings. The molecule has 2 aromatic rings. The number of nitrogens with one attached hydrogen (secondary N) is 1. The molecule has 3 rings (SSSR count). The van der Waals surface area contributed by atoms with Crippen LogP contribution in [-0.2, 0) is 15.7 Å². The summed E-state index contributed by atoms with van der Waals surface area (Å²) < 4.78 is 49.1. The van der Waals surface area contributed by atoms with E-state index in [1.54, 1.807) is 22.3 Å². The normalized spacial score (nSPS) is 14.7. The fraction of sp³-hybridized carbons (Fsp3) is 0.476. The third-order valence-electron chi connectivity index (χ3n) is 5.23. The Balaban J connectivity index is 1.35. The Morgan fingerprint density at radius 3 is 2.61 bits per heavy atom. The second-order valence-corrected chi connectivity index (χ2v) is 7.39. The van der Waals surface area contributed by atoms with Crippen molar-refractivity contribution in [1.82, 2.24) is 20.1 Å². The van der Waals surface area contributed by atoms with Crippen LogP contribution >= 0.6 is 0 Å². The molecule has 1 amide bonds. The van der Waals surface area contributed by atoms with E-state index in [0.29, 0.717) is 18.7 Å². The first-order valence-electron chi connectivity index (χ1n) is 10.3. The van der Waals surface area contributed by atoms with Crippen LogP contribution < -0.4 is 10.3 Å². The smallest absolute Gasteiger partial charge is 0.425 e. The van der Waals surface area contributed by atoms with Crippen LogP contribution in [0.1, 0.15) is 42.0 Å². The van der Waals surface area contributed by atoms with Gasteiger partial charge >= 0.3 is 6.18 Å². The van der Waals surface area contributed by atoms with Crippen molar-refractivity contribution in [1.29, 1.82) is 5.26 Å². The number of piperidine rings is 1. The highest BCUT2D eigenvalue weighted by Crippen LogP contribution is 2.32. The summed E-state index contributed by atoms with van der Waals surface area (Å²) in [6.07, 6.45) is -0.867. The summed E-state index contributed by atoms with van der Waals surface area (Å²) in [6.45, 7) is 0.988. The average Bonchev–Trinajstić information content (AvgIpc) is 2.80. The lowest BCUT2D eigenvalue weighted by molar-refractivity contribution is -0.140. The minimum absolute atomic E-state index is 0.0518. The molecule has 1 saturated heterocycles. The molecule has 1 aliphatic heterocycles. The molecule has 1 N–H and O–H groups in total. The number of pyridine rings is 1. The van der Waals surface area contributed by atoms with Gasteiger partial charge in [-0.15, -0.1) is 0 Å². The molecule has 176 valence electrons. The molecule has 9 nitrogen and oxygen atoms in total. The van der Waals surface area contributed by atoms with E-state index in [1.165, 1.54) is 0 Å². The quantitative estimate of drug-likeness (QED) is 0.594. The first kappa shape index (κ1) is 24.2. The maximum Gasteiger partial charge on any atom is 0.425 e. The van der Waals surface area contributed by atoms with Gasteiger partial charge in [-0.3, -0.25) is 14.6 Å². The monoisotopic (exact) mass is 465 g/mol. The molecule has 0 spiro atoms. The summed E-state index contributed by atoms with van der Waals surface area (Å²) in [5, 5.41) is 13.9. The number of alkyl halides is 3. The molecule has 2 aromatic heterocycles. The predicted molar refractivity (Wildman–Crippen MR) is 108 cm³/mol. The molecule has 0 saturated carbocycles. The standard InChI is InChI=1S/C21H22F3N5O4/c22-21(23,24)19-17(13-27-28-20(19)31)33-10-9-32-8-5-18(30)29-6-3-15(4-7-29)16-2-1-14(11-25)12-26-16/h1-2,12-13,15H,3-10H2,(H,28,31). The van der Waals surface area contributed by atoms with E-state index in [4.69, 9.17) is 14.7 Å². The highest BCUT2D eigenvalue weighted by atomic mass is 19.4. The van der Waals surface area contributed by atoms with Gasteiger partial charge in [-0.1, -0.05) is 0 Å². The van der Waals surface area contributed by atoms with E-state index in [-0.39, 0.29) is 38.1 Å². The number of hydrogen-bond donors (Lipinski definition) is 1. The van der Waals surface area contributed by atoms with Gasteiger partial charge < -0.3 is 14.4 Å². The molecule has 0 unspecified atom stereocenters. The van der Waals surface area contributed by atoms with E-state index >= 15 is 0 Å². The van der Waals surface area contributed by atoms with Crippen LogP contribution in [-0.4, -0.2) is 58.9 Å². The lowest BCUT2D eigenvalue weighted by atomic mass is 9.92. The Labute approximate surface area is 187 Å². The zero-order valence-corrected chi connectivity index (χ0v) is 17.6. The zero-order chi connectivity index (χ0) is 23.8. The Hall–Kier alpha value is -3.46. The first-order chi connectivity index (χ1) is 15.8. The molecule has 0 aliphatic carbocycles. The minimum atomic E-state index is -4.87. The highest BCUT2D eigenvalue weighted by Gasteiger charge is 2.38. The Morgan fingerprint density at radius 1 is 1.21 bits per heavy atom. The summed E-state index contributed by atoms with van der Waals surface area (Å²) in [6, 6.07) is 5.61. The lowest BCUT2D eigenvalue weighted by Crippen LogP contribution is -2.38. The minimum Gasteiger partial charge on any atom is -0.489 e. The maximum atomic E-state index is 12.9. The number of carbonyl (C=O) groups is 1. The number of rotatable bonds is 8. The third kappa shape index (κ3) is 6.52. The fourth-order valence-electron chi connectivity index (χ4n) is 3.53. The maximum absolute atomic E-state index is 12.9. The summed E-state index contributed by atoms with van der Waals surface area (Å²) in [7, 11) is 0. The Morgan fingerprint density at radius 2 is 1.97 bits per heavy atom. The summed E-state index contributed by atoms with van der Waals surface area (Å²) >= 11 is 0. The third-order valence-corrected chi connectivity index (χ3v) is 5.23. The van der Waals surface area contributed by atoms with Gasteiger partial charge in [0.25, 0.3) is 5.56 Å². The predicted octanol–water partition coefficient (Wildman–Crippen LogP) is 2.25. The number of carbonyl (C=O) groups excluding carboxylic acids is 1. The van der Waals surface area contributed by atoms with Crippen LogP contribution in [0.25, 0.3) is 0 Å². The van der Waals surface area contributed by atoms with E-state index in [1.807, 2.05) is 12.1 Å². The second-order valence-electron chi connectivity index (χ2n) is 7.39. The zero-order valence-electron chi connectivity index (χ0n) is 17.6. The first-order valence-corrected chi connectivity index (χ1v) is 10.3. The van der Waals surface area contributed by atoms with Gasteiger partial charge in [0, 0.05) is 30.9 Å². The summed E-state index contributed by atoms with van der Waals surface area (Å²) in [5.74, 6) is -0.512. The molecule has 1 fully saturated rings. The van der Waals surface area contributed by atoms with Crippen molar-refractivity contribution in [2.45, 2.75) is 31.4 Å². The Kier molecular flexibility index (Phi) is 8.00. The van der Waals surface area contributed by atoms with E-state index < -0.39 is 23.0 Å². The fourth-order valence-corrected chi connectivity index (χ4v) is 3.53. The van der Waals surface area contributed by atoms with Gasteiger partial charge in [0.05, 0.1) is 31.4 Å². The van der Waals surface area contributed by atoms with Gasteiger partial charge in [0.2, 0.25) is 5.91 Å². The molecule has 0 atom stereocenters. The topological polar surface area (TPSA) is 121 Å². The van der Waals surface area contributed by atoms with Crippen molar-refractivity contribution in [3.63, 3.8) is 0 Å². The van der Waals surface area contributed by atoms with Crippen molar-refractivity contribution in [3.8, 4) is 11.8 Å². The number of likely N-dealkylation sites (tertiary alicyclic amines) is 1. The van der Waals surface area contributed by atoms with Crippen LogP contribution in [0.15, 0.2) is 29.3 Å². The molecule has 33 heavy (non-hydrogen) atoms. The molecular formula is C21H22F3N5O4. The molecule has 12 heteroatoms. The number of aromatic amines is 1. The van der Waals surface area contributed by atoms with E-state index in [9.17, 15) is 22.8 Å². The van der Waals surface area contributed by atoms with Crippen LogP contribution in [0.2, 0.25) is 0 Å². The average molecular weight is 465 g/mol. The van der Waals surface area contributed by atoms with Crippen molar-refractivity contribution in [2.24, 2.45) is 0 Å². The lowest BCUT2D eigenvalue weighted by Gasteiger charge is -2.31. The number of ether oxygens (including phenoxy) is 2. The second kappa shape index (κ2) is 10.9. The molecule has 3 heterocycles. The largest absolute Gasteiger partial charge is 0.489 e. The molecule has 0 radical (unpaired) electrons. The van der Waals surface area contributed by atoms with Crippen LogP contribution in [0, 0.1) is 11.3 Å². The van der Waals surface area contributed by atoms with E-state index in [2.05, 4.69) is 10.1 Å². The van der Waals surface area contributed by atoms with Crippen molar-refractivity contribution in [2.75, 3.05) is 32.9 Å². The molecular weight excluding hydrogens is 443 g/mol. The van der Waals surface area contributed by atoms with E-state index in [0.717, 1.165) is 24.7 Å². The number of nitrogens with zero attached hydrogens (tertiary/aromatic N) is 4. The SMILES string of the molecule is N#Cc1ccc(C2CCN(C(=O)CCOCCOc3cn[nH]c(=O)c3C(F)(F)F)CC2)nc1. The van der Waals surface area contributed by atoms with Gasteiger partial charge in [-0.2, -0.15) is 23.5 Å². The summed E-state index contributed by atoms with van der Waals surface area (Å²) in [4.78, 5) is 29.8. The number of amides is 1. The number of nitriles is 1. The number of H-pyrrole nitrogens is 1. The highest BCUT2D eigenvalue weighted by molar-refractivity contribution is 5.76. The Bertz CT molecular complexity index is 1040. The van der Waals surface area contributed by atoms with Crippen LogP contribution in [0.4, 0.5) is 13.2 Å². The number of hydrogen-bond acceptors (Lipinski definition) is 7. The van der Waals surface area contributed by atoms with Gasteiger partial charge in [0.15, 0.2) is 11.3 Å². The van der Waals surface area contributed by atoms with Crippen molar-refractivity contribution < 1.29 is 27.4 Å². The van der Waals surface area contributed by atoms with Gasteiger partial charge in [-0.05, 0) is 25.0 Å². The number of aromatic nitrogens is 3. The van der Waals surface area contributed by atoms with Crippen LogP contribution in [0.5, 0.6) is 5.75 Å². The molecule has 0 bridgehead atoms. The van der Waals surface area contributed by atoms with Crippen molar-refractivity contribution in [3.05, 3.63) is 51.7 Å². The van der Waals surface area contributed by atoms with Crippen molar-refractivity contribution >= 4 is 5.91 Å². The molecule has 0 aromatic carbocycles. The number of halogens is 3. The van der Waals surface area contributed by atoms with Gasteiger partial charge in [0.1, 0.15) is 12.7 Å². The van der Waals surface area contributed by atoms with Gasteiger partial charge in [-0.25, -0.2) is 5.10 Å². The summed E-state index contributed by atoms with van der Waals surface area (Å²) in [5.41, 5.74) is -1.42.